The largest absolute Gasteiger partial charge is 0.347 e. The highest BCUT2D eigenvalue weighted by Gasteiger charge is 2.42. The molecule has 1 aromatic carbocycles. The number of aryl methyl sites for hydroxylation is 1. The molecule has 2 aliphatic carbocycles. The molecule has 1 heterocycles. The Hall–Kier alpha value is -2.50. The predicted molar refractivity (Wildman–Crippen MR) is 91.2 cm³/mol. The lowest BCUT2D eigenvalue weighted by molar-refractivity contribution is 0.0918. The third kappa shape index (κ3) is 3.21. The number of nitrogens with one attached hydrogen (secondary N) is 1. The maximum Gasteiger partial charge on any atom is 0.276 e. The van der Waals surface area contributed by atoms with Crippen molar-refractivity contribution >= 4 is 5.91 Å². The van der Waals surface area contributed by atoms with Gasteiger partial charge in [0, 0.05) is 17.8 Å². The summed E-state index contributed by atoms with van der Waals surface area (Å²) in [6, 6.07) is 7.63. The smallest absolute Gasteiger partial charge is 0.276 e. The number of carbonyl (C=O) groups excluding carboxylic acids is 1. The second kappa shape index (κ2) is 6.10. The second-order valence-corrected chi connectivity index (χ2v) is 7.04. The highest BCUT2D eigenvalue weighted by Crippen LogP contribution is 2.44. The molecule has 0 bridgehead atoms. The van der Waals surface area contributed by atoms with Gasteiger partial charge in [0.1, 0.15) is 11.5 Å². The first kappa shape index (κ1) is 16.0. The Morgan fingerprint density at radius 2 is 1.88 bits per heavy atom. The molecule has 0 saturated heterocycles. The van der Waals surface area contributed by atoms with Crippen LogP contribution in [-0.2, 0) is 0 Å². The molecule has 5 nitrogen and oxygen atoms in total. The van der Waals surface area contributed by atoms with Gasteiger partial charge in [0.2, 0.25) is 5.43 Å². The molecular formula is C19H20FN3O2. The number of amides is 1. The molecule has 0 spiro atoms. The minimum Gasteiger partial charge on any atom is -0.347 e. The summed E-state index contributed by atoms with van der Waals surface area (Å²) in [6.07, 6.45) is 4.51. The van der Waals surface area contributed by atoms with Gasteiger partial charge in [-0.2, -0.15) is 5.10 Å². The maximum absolute atomic E-state index is 14.1. The summed E-state index contributed by atoms with van der Waals surface area (Å²) in [4.78, 5) is 24.9. The van der Waals surface area contributed by atoms with Crippen LogP contribution in [0.25, 0.3) is 5.69 Å². The first-order chi connectivity index (χ1) is 12.0. The van der Waals surface area contributed by atoms with E-state index in [1.165, 1.54) is 16.8 Å². The van der Waals surface area contributed by atoms with E-state index in [1.54, 1.807) is 25.1 Å². The number of halogens is 1. The number of carbonyl (C=O) groups is 1. The van der Waals surface area contributed by atoms with Crippen molar-refractivity contribution in [3.05, 3.63) is 57.8 Å². The Balaban J connectivity index is 1.67. The minimum atomic E-state index is -0.459. The summed E-state index contributed by atoms with van der Waals surface area (Å²) >= 11 is 0. The molecule has 25 heavy (non-hydrogen) atoms. The number of para-hydroxylation sites is 1. The lowest BCUT2D eigenvalue weighted by Crippen LogP contribution is -2.41. The lowest BCUT2D eigenvalue weighted by atomic mass is 10.1. The van der Waals surface area contributed by atoms with Crippen LogP contribution in [-0.4, -0.2) is 21.7 Å². The average Bonchev–Trinajstić information content (AvgIpc) is 3.47. The SMILES string of the molecule is Cc1cc(=O)c(C(=O)NC(C2CC2)C2CC2)nn1-c1ccccc1F. The van der Waals surface area contributed by atoms with E-state index < -0.39 is 17.2 Å². The normalized spacial score (nSPS) is 16.9. The Bertz CT molecular complexity index is 872. The zero-order chi connectivity index (χ0) is 17.6. The molecule has 0 unspecified atom stereocenters. The summed E-state index contributed by atoms with van der Waals surface area (Å²) in [7, 11) is 0. The third-order valence-electron chi connectivity index (χ3n) is 4.96. The van der Waals surface area contributed by atoms with Crippen molar-refractivity contribution in [3.8, 4) is 5.69 Å². The maximum atomic E-state index is 14.1. The fourth-order valence-electron chi connectivity index (χ4n) is 3.32. The van der Waals surface area contributed by atoms with E-state index in [9.17, 15) is 14.0 Å². The van der Waals surface area contributed by atoms with Crippen molar-refractivity contribution < 1.29 is 9.18 Å². The second-order valence-electron chi connectivity index (χ2n) is 7.04. The molecular weight excluding hydrogens is 321 g/mol. The average molecular weight is 341 g/mol. The Morgan fingerprint density at radius 1 is 1.24 bits per heavy atom. The fourth-order valence-corrected chi connectivity index (χ4v) is 3.32. The van der Waals surface area contributed by atoms with Crippen LogP contribution in [0.1, 0.15) is 41.9 Å². The molecule has 4 rings (SSSR count). The van der Waals surface area contributed by atoms with Crippen LogP contribution in [0.4, 0.5) is 4.39 Å². The molecule has 1 N–H and O–H groups in total. The first-order valence-corrected chi connectivity index (χ1v) is 8.71. The Kier molecular flexibility index (Phi) is 3.90. The van der Waals surface area contributed by atoms with E-state index in [0.29, 0.717) is 17.5 Å². The standard InChI is InChI=1S/C19H20FN3O2/c1-11-10-16(24)18(22-23(11)15-5-3-2-4-14(15)20)19(25)21-17(12-6-7-12)13-8-9-13/h2-5,10,12-13,17H,6-9H2,1H3,(H,21,25). The molecule has 0 atom stereocenters. The van der Waals surface area contributed by atoms with Gasteiger partial charge >= 0.3 is 0 Å². The zero-order valence-electron chi connectivity index (χ0n) is 14.0. The summed E-state index contributed by atoms with van der Waals surface area (Å²) in [5.74, 6) is 0.132. The number of benzene rings is 1. The van der Waals surface area contributed by atoms with E-state index in [0.717, 1.165) is 25.7 Å². The third-order valence-corrected chi connectivity index (χ3v) is 4.96. The van der Waals surface area contributed by atoms with E-state index in [-0.39, 0.29) is 17.4 Å². The highest BCUT2D eigenvalue weighted by molar-refractivity contribution is 5.92. The van der Waals surface area contributed by atoms with Crippen molar-refractivity contribution in [1.29, 1.82) is 0 Å². The lowest BCUT2D eigenvalue weighted by Gasteiger charge is -2.18. The number of hydrogen-bond donors (Lipinski definition) is 1. The van der Waals surface area contributed by atoms with Crippen molar-refractivity contribution in [2.24, 2.45) is 11.8 Å². The van der Waals surface area contributed by atoms with Crippen LogP contribution in [0.5, 0.6) is 0 Å². The van der Waals surface area contributed by atoms with Gasteiger partial charge in [0.25, 0.3) is 5.91 Å². The Morgan fingerprint density at radius 3 is 2.48 bits per heavy atom. The zero-order valence-corrected chi connectivity index (χ0v) is 14.0. The Labute approximate surface area is 144 Å². The van der Waals surface area contributed by atoms with Gasteiger partial charge in [-0.25, -0.2) is 9.07 Å². The molecule has 1 aromatic heterocycles. The molecule has 2 aliphatic rings. The summed E-state index contributed by atoms with van der Waals surface area (Å²) in [5, 5.41) is 7.17. The minimum absolute atomic E-state index is 0.136. The summed E-state index contributed by atoms with van der Waals surface area (Å²) in [5.41, 5.74) is 0.0793. The van der Waals surface area contributed by atoms with Gasteiger partial charge in [-0.1, -0.05) is 12.1 Å². The molecule has 6 heteroatoms. The van der Waals surface area contributed by atoms with Crippen LogP contribution in [0.15, 0.2) is 35.1 Å². The summed E-state index contributed by atoms with van der Waals surface area (Å²) < 4.78 is 15.4. The van der Waals surface area contributed by atoms with E-state index >= 15 is 0 Å². The number of rotatable bonds is 5. The van der Waals surface area contributed by atoms with Gasteiger partial charge in [-0.05, 0) is 56.6 Å². The molecule has 2 aromatic rings. The van der Waals surface area contributed by atoms with Crippen LogP contribution in [0, 0.1) is 24.6 Å². The molecule has 2 fully saturated rings. The van der Waals surface area contributed by atoms with Gasteiger partial charge in [-0.15, -0.1) is 0 Å². The molecule has 1 amide bonds. The summed E-state index contributed by atoms with van der Waals surface area (Å²) in [6.45, 7) is 1.67. The van der Waals surface area contributed by atoms with Crippen molar-refractivity contribution in [2.75, 3.05) is 0 Å². The van der Waals surface area contributed by atoms with Gasteiger partial charge in [-0.3, -0.25) is 9.59 Å². The van der Waals surface area contributed by atoms with E-state index in [2.05, 4.69) is 10.4 Å². The number of aromatic nitrogens is 2. The van der Waals surface area contributed by atoms with Crippen LogP contribution in [0.3, 0.4) is 0 Å². The monoisotopic (exact) mass is 341 g/mol. The molecule has 0 radical (unpaired) electrons. The van der Waals surface area contributed by atoms with E-state index in [1.807, 2.05) is 0 Å². The van der Waals surface area contributed by atoms with Crippen molar-refractivity contribution in [2.45, 2.75) is 38.6 Å². The molecule has 2 saturated carbocycles. The predicted octanol–water partition coefficient (Wildman–Crippen LogP) is 2.60. The number of nitrogens with zero attached hydrogens (tertiary/aromatic N) is 2. The van der Waals surface area contributed by atoms with Gasteiger partial charge in [0.05, 0.1) is 0 Å². The molecule has 0 aliphatic heterocycles. The van der Waals surface area contributed by atoms with Crippen molar-refractivity contribution in [1.82, 2.24) is 15.1 Å². The van der Waals surface area contributed by atoms with Gasteiger partial charge in [0.15, 0.2) is 5.69 Å². The fraction of sp³-hybridized carbons (Fsp3) is 0.421. The van der Waals surface area contributed by atoms with Crippen LogP contribution in [0.2, 0.25) is 0 Å². The highest BCUT2D eigenvalue weighted by atomic mass is 19.1. The van der Waals surface area contributed by atoms with E-state index in [4.69, 9.17) is 0 Å². The molecule has 130 valence electrons. The van der Waals surface area contributed by atoms with Gasteiger partial charge < -0.3 is 5.32 Å². The van der Waals surface area contributed by atoms with Crippen LogP contribution >= 0.6 is 0 Å². The number of hydrogen-bond acceptors (Lipinski definition) is 3. The van der Waals surface area contributed by atoms with Crippen LogP contribution < -0.4 is 10.7 Å². The first-order valence-electron chi connectivity index (χ1n) is 8.71. The van der Waals surface area contributed by atoms with Crippen molar-refractivity contribution in [3.63, 3.8) is 0 Å². The topological polar surface area (TPSA) is 64.0 Å². The quantitative estimate of drug-likeness (QED) is 0.909.